The van der Waals surface area contributed by atoms with E-state index >= 15 is 0 Å². The van der Waals surface area contributed by atoms with Crippen LogP contribution >= 0.6 is 27.9 Å². The van der Waals surface area contributed by atoms with Gasteiger partial charge in [-0.15, -0.1) is 0 Å². The van der Waals surface area contributed by atoms with Crippen LogP contribution < -0.4 is 5.32 Å². The Bertz CT molecular complexity index is 433. The normalized spacial score (nSPS) is 17.7. The predicted octanol–water partition coefficient (Wildman–Crippen LogP) is 3.51. The highest BCUT2D eigenvalue weighted by Crippen LogP contribution is 2.34. The van der Waals surface area contributed by atoms with E-state index in [-0.39, 0.29) is 0 Å². The highest BCUT2D eigenvalue weighted by Gasteiger charge is 2.31. The standard InChI is InChI=1S/C12H14BrF3N2S/c13-8-9-5-10(12(14,15)16)7-11(6-9)19-18-3-1-17-2-4-18/h5-7,17H,1-4,8H2. The second-order valence-electron chi connectivity index (χ2n) is 4.27. The average molecular weight is 355 g/mol. The predicted molar refractivity (Wildman–Crippen MR) is 74.4 cm³/mol. The fourth-order valence-electron chi connectivity index (χ4n) is 1.84. The van der Waals surface area contributed by atoms with Crippen molar-refractivity contribution in [3.05, 3.63) is 29.3 Å². The molecule has 0 atom stereocenters. The maximum atomic E-state index is 12.8. The first kappa shape index (κ1) is 15.2. The number of benzene rings is 1. The molecule has 0 spiro atoms. The topological polar surface area (TPSA) is 15.3 Å². The molecule has 19 heavy (non-hydrogen) atoms. The van der Waals surface area contributed by atoms with Crippen molar-refractivity contribution in [2.24, 2.45) is 0 Å². The van der Waals surface area contributed by atoms with Crippen molar-refractivity contribution in [1.82, 2.24) is 9.62 Å². The van der Waals surface area contributed by atoms with Gasteiger partial charge in [0.1, 0.15) is 0 Å². The Morgan fingerprint density at radius 1 is 1.21 bits per heavy atom. The van der Waals surface area contributed by atoms with Crippen LogP contribution in [0.25, 0.3) is 0 Å². The van der Waals surface area contributed by atoms with Gasteiger partial charge in [0.2, 0.25) is 0 Å². The molecular formula is C12H14BrF3N2S. The Balaban J connectivity index is 2.19. The molecule has 106 valence electrons. The number of piperazine rings is 1. The third-order valence-corrected chi connectivity index (χ3v) is 4.48. The Hall–Kier alpha value is -0.240. The van der Waals surface area contributed by atoms with Crippen molar-refractivity contribution >= 4 is 27.9 Å². The molecule has 0 radical (unpaired) electrons. The molecule has 0 aliphatic carbocycles. The Morgan fingerprint density at radius 3 is 2.47 bits per heavy atom. The van der Waals surface area contributed by atoms with Crippen LogP contribution in [0.5, 0.6) is 0 Å². The lowest BCUT2D eigenvalue weighted by molar-refractivity contribution is -0.137. The maximum Gasteiger partial charge on any atom is 0.416 e. The van der Waals surface area contributed by atoms with Crippen molar-refractivity contribution in [3.8, 4) is 0 Å². The van der Waals surface area contributed by atoms with Gasteiger partial charge < -0.3 is 5.32 Å². The van der Waals surface area contributed by atoms with Crippen molar-refractivity contribution in [2.45, 2.75) is 16.4 Å². The van der Waals surface area contributed by atoms with E-state index in [2.05, 4.69) is 25.6 Å². The highest BCUT2D eigenvalue weighted by atomic mass is 79.9. The van der Waals surface area contributed by atoms with Crippen molar-refractivity contribution < 1.29 is 13.2 Å². The van der Waals surface area contributed by atoms with Gasteiger partial charge in [-0.25, -0.2) is 4.31 Å². The van der Waals surface area contributed by atoms with Crippen LogP contribution in [0.1, 0.15) is 11.1 Å². The molecule has 0 unspecified atom stereocenters. The van der Waals surface area contributed by atoms with Gasteiger partial charge in [-0.1, -0.05) is 15.9 Å². The summed E-state index contributed by atoms with van der Waals surface area (Å²) in [5, 5.41) is 3.64. The van der Waals surface area contributed by atoms with Crippen LogP contribution in [-0.4, -0.2) is 30.5 Å². The fourth-order valence-corrected chi connectivity index (χ4v) is 3.21. The molecule has 1 fully saturated rings. The summed E-state index contributed by atoms with van der Waals surface area (Å²) in [7, 11) is 0. The summed E-state index contributed by atoms with van der Waals surface area (Å²) < 4.78 is 40.5. The van der Waals surface area contributed by atoms with Crippen LogP contribution in [0, 0.1) is 0 Å². The number of nitrogens with one attached hydrogen (secondary N) is 1. The lowest BCUT2D eigenvalue weighted by Gasteiger charge is -2.26. The van der Waals surface area contributed by atoms with Gasteiger partial charge in [-0.2, -0.15) is 13.2 Å². The molecule has 7 heteroatoms. The summed E-state index contributed by atoms with van der Waals surface area (Å²) in [5.41, 5.74) is 0.0644. The van der Waals surface area contributed by atoms with Crippen LogP contribution in [0.3, 0.4) is 0 Å². The number of alkyl halides is 4. The third kappa shape index (κ3) is 4.37. The van der Waals surface area contributed by atoms with Crippen LogP contribution in [0.15, 0.2) is 23.1 Å². The molecule has 0 amide bonds. The molecule has 2 rings (SSSR count). The molecule has 0 aromatic heterocycles. The number of hydrogen-bond acceptors (Lipinski definition) is 3. The van der Waals surface area contributed by atoms with Gasteiger partial charge in [0.05, 0.1) is 5.56 Å². The van der Waals surface area contributed by atoms with E-state index in [0.717, 1.165) is 26.2 Å². The summed E-state index contributed by atoms with van der Waals surface area (Å²) in [6.07, 6.45) is -4.29. The van der Waals surface area contributed by atoms with E-state index in [9.17, 15) is 13.2 Å². The molecule has 1 saturated heterocycles. The zero-order valence-corrected chi connectivity index (χ0v) is 12.5. The number of hydrogen-bond donors (Lipinski definition) is 1. The Morgan fingerprint density at radius 2 is 1.89 bits per heavy atom. The first-order chi connectivity index (χ1) is 8.99. The number of halogens is 4. The molecule has 1 N–H and O–H groups in total. The summed E-state index contributed by atoms with van der Waals surface area (Å²) in [5.74, 6) is 0. The third-order valence-electron chi connectivity index (χ3n) is 2.76. The van der Waals surface area contributed by atoms with Gasteiger partial charge in [-0.05, 0) is 35.7 Å². The molecular weight excluding hydrogens is 341 g/mol. The molecule has 0 saturated carbocycles. The zero-order chi connectivity index (χ0) is 13.9. The second kappa shape index (κ2) is 6.47. The van der Waals surface area contributed by atoms with Gasteiger partial charge in [0.15, 0.2) is 0 Å². The summed E-state index contributed by atoms with van der Waals surface area (Å²) in [6, 6.07) is 4.21. The fraction of sp³-hybridized carbons (Fsp3) is 0.500. The van der Waals surface area contributed by atoms with Gasteiger partial charge in [0, 0.05) is 36.4 Å². The van der Waals surface area contributed by atoms with Gasteiger partial charge >= 0.3 is 6.18 Å². The molecule has 1 aromatic carbocycles. The van der Waals surface area contributed by atoms with Crippen molar-refractivity contribution in [2.75, 3.05) is 26.2 Å². The largest absolute Gasteiger partial charge is 0.416 e. The minimum atomic E-state index is -4.29. The maximum absolute atomic E-state index is 12.8. The lowest BCUT2D eigenvalue weighted by Crippen LogP contribution is -2.39. The van der Waals surface area contributed by atoms with Crippen LogP contribution in [0.4, 0.5) is 13.2 Å². The molecule has 1 heterocycles. The van der Waals surface area contributed by atoms with Gasteiger partial charge in [-0.3, -0.25) is 0 Å². The molecule has 1 aliphatic rings. The Kier molecular flexibility index (Phi) is 5.16. The van der Waals surface area contributed by atoms with E-state index < -0.39 is 11.7 Å². The summed E-state index contributed by atoms with van der Waals surface area (Å²) in [6.45, 7) is 3.42. The van der Waals surface area contributed by atoms with E-state index in [0.29, 0.717) is 15.8 Å². The smallest absolute Gasteiger partial charge is 0.314 e. The first-order valence-electron chi connectivity index (χ1n) is 5.90. The monoisotopic (exact) mass is 354 g/mol. The van der Waals surface area contributed by atoms with E-state index in [1.165, 1.54) is 24.1 Å². The summed E-state index contributed by atoms with van der Waals surface area (Å²) in [4.78, 5) is 0.645. The minimum Gasteiger partial charge on any atom is -0.314 e. The van der Waals surface area contributed by atoms with Gasteiger partial charge in [0.25, 0.3) is 0 Å². The lowest BCUT2D eigenvalue weighted by atomic mass is 10.1. The van der Waals surface area contributed by atoms with Crippen molar-refractivity contribution in [3.63, 3.8) is 0 Å². The zero-order valence-electron chi connectivity index (χ0n) is 10.1. The number of nitrogens with zero attached hydrogens (tertiary/aromatic N) is 1. The number of rotatable bonds is 3. The summed E-state index contributed by atoms with van der Waals surface area (Å²) >= 11 is 4.61. The quantitative estimate of drug-likeness (QED) is 0.660. The second-order valence-corrected chi connectivity index (χ2v) is 6.00. The van der Waals surface area contributed by atoms with E-state index in [1.54, 1.807) is 6.07 Å². The SMILES string of the molecule is FC(F)(F)c1cc(CBr)cc(SN2CCNCC2)c1. The molecule has 0 bridgehead atoms. The average Bonchev–Trinajstić information content (AvgIpc) is 2.38. The van der Waals surface area contributed by atoms with Crippen LogP contribution in [-0.2, 0) is 11.5 Å². The Labute approximate surface area is 123 Å². The van der Waals surface area contributed by atoms with E-state index in [1.807, 2.05) is 0 Å². The van der Waals surface area contributed by atoms with E-state index in [4.69, 9.17) is 0 Å². The molecule has 1 aromatic rings. The first-order valence-corrected chi connectivity index (χ1v) is 7.79. The minimum absolute atomic E-state index is 0.423. The van der Waals surface area contributed by atoms with Crippen molar-refractivity contribution in [1.29, 1.82) is 0 Å². The molecule has 1 aliphatic heterocycles. The molecule has 2 nitrogen and oxygen atoms in total. The van der Waals surface area contributed by atoms with Crippen LogP contribution in [0.2, 0.25) is 0 Å². The highest BCUT2D eigenvalue weighted by molar-refractivity contribution is 9.08.